The Labute approximate surface area is 171 Å². The Morgan fingerprint density at radius 3 is 2.75 bits per heavy atom. The van der Waals surface area contributed by atoms with Crippen LogP contribution in [0.3, 0.4) is 0 Å². The lowest BCUT2D eigenvalue weighted by atomic mass is 10.1. The van der Waals surface area contributed by atoms with Crippen LogP contribution in [-0.2, 0) is 14.3 Å². The van der Waals surface area contributed by atoms with Crippen LogP contribution in [0.4, 0.5) is 17.2 Å². The molecule has 3 heterocycles. The molecular weight excluding hydrogens is 424 g/mol. The number of amides is 2. The number of nitrogens with one attached hydrogen (secondary N) is 1. The van der Waals surface area contributed by atoms with Gasteiger partial charge in [-0.05, 0) is 30.3 Å². The van der Waals surface area contributed by atoms with E-state index in [1.807, 2.05) is 36.4 Å². The monoisotopic (exact) mass is 444 g/mol. The number of anilines is 3. The molecule has 0 saturated carbocycles. The SMILES string of the molecule is O=C(Nc1ccc(N2CCOCC2)nc1)C1CC(=O)N(c2cccc(Br)c2)C1. The van der Waals surface area contributed by atoms with E-state index in [2.05, 4.69) is 31.1 Å². The number of halogens is 1. The number of hydrogen-bond acceptors (Lipinski definition) is 5. The maximum atomic E-state index is 12.6. The van der Waals surface area contributed by atoms with Crippen LogP contribution in [0.2, 0.25) is 0 Å². The molecule has 1 unspecified atom stereocenters. The van der Waals surface area contributed by atoms with Gasteiger partial charge in [-0.25, -0.2) is 4.98 Å². The van der Waals surface area contributed by atoms with Crippen LogP contribution < -0.4 is 15.1 Å². The molecule has 1 atom stereocenters. The van der Waals surface area contributed by atoms with E-state index in [1.165, 1.54) is 0 Å². The van der Waals surface area contributed by atoms with Gasteiger partial charge in [-0.2, -0.15) is 0 Å². The summed E-state index contributed by atoms with van der Waals surface area (Å²) in [5.74, 6) is 0.286. The van der Waals surface area contributed by atoms with Crippen LogP contribution in [0, 0.1) is 5.92 Å². The van der Waals surface area contributed by atoms with E-state index >= 15 is 0 Å². The first-order valence-electron chi connectivity index (χ1n) is 9.26. The van der Waals surface area contributed by atoms with Gasteiger partial charge in [0.15, 0.2) is 0 Å². The van der Waals surface area contributed by atoms with Gasteiger partial charge in [0.25, 0.3) is 0 Å². The number of hydrogen-bond donors (Lipinski definition) is 1. The quantitative estimate of drug-likeness (QED) is 0.784. The highest BCUT2D eigenvalue weighted by molar-refractivity contribution is 9.10. The summed E-state index contributed by atoms with van der Waals surface area (Å²) in [6.45, 7) is 3.40. The molecule has 0 spiro atoms. The molecule has 0 aliphatic carbocycles. The molecule has 2 aliphatic rings. The Hall–Kier alpha value is -2.45. The van der Waals surface area contributed by atoms with Crippen molar-refractivity contribution in [2.24, 2.45) is 5.92 Å². The van der Waals surface area contributed by atoms with E-state index in [0.29, 0.717) is 25.4 Å². The molecule has 0 radical (unpaired) electrons. The predicted octanol–water partition coefficient (Wildman–Crippen LogP) is 2.67. The van der Waals surface area contributed by atoms with Crippen LogP contribution in [0.5, 0.6) is 0 Å². The highest BCUT2D eigenvalue weighted by Crippen LogP contribution is 2.28. The molecule has 146 valence electrons. The van der Waals surface area contributed by atoms with E-state index < -0.39 is 0 Å². The molecule has 7 nitrogen and oxygen atoms in total. The summed E-state index contributed by atoms with van der Waals surface area (Å²) >= 11 is 3.42. The molecular formula is C20H21BrN4O3. The van der Waals surface area contributed by atoms with Gasteiger partial charge >= 0.3 is 0 Å². The van der Waals surface area contributed by atoms with Crippen molar-refractivity contribution in [2.75, 3.05) is 48.0 Å². The number of nitrogens with zero attached hydrogens (tertiary/aromatic N) is 3. The van der Waals surface area contributed by atoms with Gasteiger partial charge in [-0.1, -0.05) is 22.0 Å². The molecule has 4 rings (SSSR count). The summed E-state index contributed by atoms with van der Waals surface area (Å²) in [5, 5.41) is 2.89. The van der Waals surface area contributed by atoms with Gasteiger partial charge in [-0.3, -0.25) is 9.59 Å². The number of aromatic nitrogens is 1. The fourth-order valence-corrected chi connectivity index (χ4v) is 3.85. The third-order valence-electron chi connectivity index (χ3n) is 4.97. The molecule has 28 heavy (non-hydrogen) atoms. The van der Waals surface area contributed by atoms with Crippen molar-refractivity contribution in [3.8, 4) is 0 Å². The minimum absolute atomic E-state index is 0.0426. The second kappa shape index (κ2) is 8.28. The van der Waals surface area contributed by atoms with Crippen molar-refractivity contribution in [3.05, 3.63) is 47.1 Å². The van der Waals surface area contributed by atoms with Crippen LogP contribution in [0.25, 0.3) is 0 Å². The number of rotatable bonds is 4. The van der Waals surface area contributed by atoms with Crippen molar-refractivity contribution in [1.29, 1.82) is 0 Å². The first-order chi connectivity index (χ1) is 13.6. The first-order valence-corrected chi connectivity index (χ1v) is 10.0. The summed E-state index contributed by atoms with van der Waals surface area (Å²) in [6.07, 6.45) is 1.86. The van der Waals surface area contributed by atoms with Gasteiger partial charge < -0.3 is 19.9 Å². The van der Waals surface area contributed by atoms with Crippen molar-refractivity contribution in [2.45, 2.75) is 6.42 Å². The lowest BCUT2D eigenvalue weighted by Crippen LogP contribution is -2.36. The summed E-state index contributed by atoms with van der Waals surface area (Å²) in [7, 11) is 0. The van der Waals surface area contributed by atoms with E-state index in [9.17, 15) is 9.59 Å². The minimum atomic E-state index is -0.384. The Kier molecular flexibility index (Phi) is 5.59. The van der Waals surface area contributed by atoms with Crippen molar-refractivity contribution in [3.63, 3.8) is 0 Å². The molecule has 1 aromatic carbocycles. The summed E-state index contributed by atoms with van der Waals surface area (Å²) in [6, 6.07) is 11.3. The zero-order chi connectivity index (χ0) is 19.5. The highest BCUT2D eigenvalue weighted by Gasteiger charge is 2.35. The summed E-state index contributed by atoms with van der Waals surface area (Å²) in [4.78, 5) is 33.3. The smallest absolute Gasteiger partial charge is 0.229 e. The van der Waals surface area contributed by atoms with Crippen molar-refractivity contribution in [1.82, 2.24) is 4.98 Å². The summed E-state index contributed by atoms with van der Waals surface area (Å²) < 4.78 is 6.25. The zero-order valence-corrected chi connectivity index (χ0v) is 16.9. The van der Waals surface area contributed by atoms with Gasteiger partial charge in [0, 0.05) is 36.2 Å². The number of pyridine rings is 1. The fraction of sp³-hybridized carbons (Fsp3) is 0.350. The Bertz CT molecular complexity index is 868. The lowest BCUT2D eigenvalue weighted by Gasteiger charge is -2.27. The third kappa shape index (κ3) is 4.18. The Balaban J connectivity index is 1.38. The second-order valence-electron chi connectivity index (χ2n) is 6.88. The molecule has 1 aromatic heterocycles. The van der Waals surface area contributed by atoms with Crippen molar-refractivity contribution < 1.29 is 14.3 Å². The molecule has 0 bridgehead atoms. The third-order valence-corrected chi connectivity index (χ3v) is 5.46. The Morgan fingerprint density at radius 2 is 2.04 bits per heavy atom. The van der Waals surface area contributed by atoms with Gasteiger partial charge in [0.05, 0.1) is 31.0 Å². The summed E-state index contributed by atoms with van der Waals surface area (Å²) in [5.41, 5.74) is 1.43. The minimum Gasteiger partial charge on any atom is -0.378 e. The molecule has 2 saturated heterocycles. The maximum absolute atomic E-state index is 12.6. The van der Waals surface area contributed by atoms with Crippen LogP contribution in [0.15, 0.2) is 47.1 Å². The van der Waals surface area contributed by atoms with E-state index in [0.717, 1.165) is 29.1 Å². The molecule has 1 N–H and O–H groups in total. The standard InChI is InChI=1S/C20H21BrN4O3/c21-15-2-1-3-17(11-15)25-13-14(10-19(25)26)20(27)23-16-4-5-18(22-12-16)24-6-8-28-9-7-24/h1-5,11-12,14H,6-10,13H2,(H,23,27). The fourth-order valence-electron chi connectivity index (χ4n) is 3.46. The topological polar surface area (TPSA) is 74.8 Å². The zero-order valence-electron chi connectivity index (χ0n) is 15.3. The molecule has 2 amide bonds. The van der Waals surface area contributed by atoms with E-state index in [4.69, 9.17) is 4.74 Å². The highest BCUT2D eigenvalue weighted by atomic mass is 79.9. The second-order valence-corrected chi connectivity index (χ2v) is 7.79. The molecule has 2 fully saturated rings. The normalized spacial score (nSPS) is 19.8. The van der Waals surface area contributed by atoms with Crippen LogP contribution in [0.1, 0.15) is 6.42 Å². The van der Waals surface area contributed by atoms with Crippen molar-refractivity contribution >= 4 is 44.9 Å². The average Bonchev–Trinajstić information content (AvgIpc) is 3.11. The lowest BCUT2D eigenvalue weighted by molar-refractivity contribution is -0.122. The molecule has 2 aromatic rings. The van der Waals surface area contributed by atoms with Crippen LogP contribution in [-0.4, -0.2) is 49.6 Å². The van der Waals surface area contributed by atoms with E-state index in [-0.39, 0.29) is 24.2 Å². The number of benzene rings is 1. The van der Waals surface area contributed by atoms with Gasteiger partial charge in [0.2, 0.25) is 11.8 Å². The maximum Gasteiger partial charge on any atom is 0.229 e. The van der Waals surface area contributed by atoms with Gasteiger partial charge in [-0.15, -0.1) is 0 Å². The number of carbonyl (C=O) groups excluding carboxylic acids is 2. The predicted molar refractivity (Wildman–Crippen MR) is 111 cm³/mol. The average molecular weight is 445 g/mol. The molecule has 8 heteroatoms. The van der Waals surface area contributed by atoms with Crippen LogP contribution >= 0.6 is 15.9 Å². The number of carbonyl (C=O) groups is 2. The Morgan fingerprint density at radius 1 is 1.21 bits per heavy atom. The number of morpholine rings is 1. The largest absolute Gasteiger partial charge is 0.378 e. The first kappa shape index (κ1) is 18.9. The van der Waals surface area contributed by atoms with Gasteiger partial charge in [0.1, 0.15) is 5.82 Å². The molecule has 2 aliphatic heterocycles. The van der Waals surface area contributed by atoms with E-state index in [1.54, 1.807) is 11.1 Å². The number of ether oxygens (including phenoxy) is 1.